The van der Waals surface area contributed by atoms with Crippen molar-refractivity contribution in [3.63, 3.8) is 0 Å². The maximum absolute atomic E-state index is 11.7. The van der Waals surface area contributed by atoms with Gasteiger partial charge in [0.15, 0.2) is 5.76 Å². The minimum Gasteiger partial charge on any atom is -0.459 e. The number of halogens is 1. The van der Waals surface area contributed by atoms with Crippen molar-refractivity contribution in [3.8, 4) is 0 Å². The molecule has 6 heteroatoms. The Morgan fingerprint density at radius 1 is 1.50 bits per heavy atom. The van der Waals surface area contributed by atoms with Crippen LogP contribution in [-0.2, 0) is 0 Å². The van der Waals surface area contributed by atoms with Crippen LogP contribution in [0.4, 0.5) is 0 Å². The summed E-state index contributed by atoms with van der Waals surface area (Å²) in [6.45, 7) is 7.60. The molecule has 1 aliphatic rings. The molecule has 2 N–H and O–H groups in total. The Balaban J connectivity index is 0.00000162. The fourth-order valence-electron chi connectivity index (χ4n) is 1.95. The van der Waals surface area contributed by atoms with Crippen LogP contribution in [0, 0.1) is 6.92 Å². The molecule has 0 spiro atoms. The van der Waals surface area contributed by atoms with Gasteiger partial charge in [0.1, 0.15) is 0 Å². The Hall–Kier alpha value is -1.04. The highest BCUT2D eigenvalue weighted by molar-refractivity contribution is 5.92. The number of piperazine rings is 1. The molecule has 18 heavy (non-hydrogen) atoms. The number of aryl methyl sites for hydroxylation is 1. The molecule has 1 aromatic heterocycles. The molecule has 0 radical (unpaired) electrons. The first kappa shape index (κ1) is 15.0. The van der Waals surface area contributed by atoms with E-state index in [0.29, 0.717) is 12.3 Å². The van der Waals surface area contributed by atoms with E-state index < -0.39 is 0 Å². The third kappa shape index (κ3) is 4.01. The Bertz CT molecular complexity index is 375. The molecule has 1 saturated heterocycles. The SMILES string of the molecule is Cc1ccoc1C(=O)NCCN1CCNCC1.Cl. The first-order chi connectivity index (χ1) is 8.27. The fourth-order valence-corrected chi connectivity index (χ4v) is 1.95. The molecule has 102 valence electrons. The molecule has 2 rings (SSSR count). The van der Waals surface area contributed by atoms with E-state index in [4.69, 9.17) is 4.42 Å². The first-order valence-corrected chi connectivity index (χ1v) is 6.03. The monoisotopic (exact) mass is 273 g/mol. The van der Waals surface area contributed by atoms with Crippen molar-refractivity contribution in [1.82, 2.24) is 15.5 Å². The Morgan fingerprint density at radius 3 is 2.83 bits per heavy atom. The maximum Gasteiger partial charge on any atom is 0.287 e. The number of rotatable bonds is 4. The number of hydrogen-bond acceptors (Lipinski definition) is 4. The summed E-state index contributed by atoms with van der Waals surface area (Å²) in [5, 5.41) is 6.18. The largest absolute Gasteiger partial charge is 0.459 e. The standard InChI is InChI=1S/C12H19N3O2.ClH/c1-10-2-9-17-11(10)12(16)14-5-8-15-6-3-13-4-7-15;/h2,9,13H,3-8H2,1H3,(H,14,16);1H. The van der Waals surface area contributed by atoms with Crippen LogP contribution in [-0.4, -0.2) is 50.1 Å². The Labute approximate surface area is 113 Å². The average molecular weight is 274 g/mol. The van der Waals surface area contributed by atoms with Gasteiger partial charge in [0, 0.05) is 44.8 Å². The number of carbonyl (C=O) groups excluding carboxylic acids is 1. The van der Waals surface area contributed by atoms with Crippen molar-refractivity contribution in [2.75, 3.05) is 39.3 Å². The van der Waals surface area contributed by atoms with E-state index >= 15 is 0 Å². The van der Waals surface area contributed by atoms with Gasteiger partial charge in [-0.25, -0.2) is 0 Å². The predicted molar refractivity (Wildman–Crippen MR) is 72.3 cm³/mol. The summed E-state index contributed by atoms with van der Waals surface area (Å²) < 4.78 is 5.13. The van der Waals surface area contributed by atoms with Crippen LogP contribution < -0.4 is 10.6 Å². The highest BCUT2D eigenvalue weighted by atomic mass is 35.5. The highest BCUT2D eigenvalue weighted by Gasteiger charge is 2.13. The minimum atomic E-state index is -0.123. The van der Waals surface area contributed by atoms with Crippen molar-refractivity contribution in [2.24, 2.45) is 0 Å². The van der Waals surface area contributed by atoms with Gasteiger partial charge in [-0.05, 0) is 13.0 Å². The zero-order valence-electron chi connectivity index (χ0n) is 10.6. The summed E-state index contributed by atoms with van der Waals surface area (Å²) in [6.07, 6.45) is 1.54. The Morgan fingerprint density at radius 2 is 2.22 bits per heavy atom. The summed E-state index contributed by atoms with van der Waals surface area (Å²) in [7, 11) is 0. The van der Waals surface area contributed by atoms with E-state index in [0.717, 1.165) is 38.3 Å². The van der Waals surface area contributed by atoms with Gasteiger partial charge in [0.25, 0.3) is 5.91 Å². The van der Waals surface area contributed by atoms with Crippen molar-refractivity contribution >= 4 is 18.3 Å². The van der Waals surface area contributed by atoms with Crippen LogP contribution in [0.25, 0.3) is 0 Å². The fraction of sp³-hybridized carbons (Fsp3) is 0.583. The van der Waals surface area contributed by atoms with Gasteiger partial charge in [0.05, 0.1) is 6.26 Å². The number of nitrogens with one attached hydrogen (secondary N) is 2. The number of furan rings is 1. The number of carbonyl (C=O) groups is 1. The van der Waals surface area contributed by atoms with E-state index in [1.54, 1.807) is 12.3 Å². The van der Waals surface area contributed by atoms with Crippen LogP contribution in [0.3, 0.4) is 0 Å². The molecule has 0 saturated carbocycles. The van der Waals surface area contributed by atoms with Crippen LogP contribution in [0.5, 0.6) is 0 Å². The second-order valence-electron chi connectivity index (χ2n) is 4.28. The van der Waals surface area contributed by atoms with Gasteiger partial charge in [-0.3, -0.25) is 9.69 Å². The molecule has 2 heterocycles. The maximum atomic E-state index is 11.7. The molecule has 0 aliphatic carbocycles. The second kappa shape index (κ2) is 7.41. The topological polar surface area (TPSA) is 57.5 Å². The van der Waals surface area contributed by atoms with Crippen LogP contribution in [0.15, 0.2) is 16.7 Å². The summed E-state index contributed by atoms with van der Waals surface area (Å²) in [5.41, 5.74) is 0.879. The lowest BCUT2D eigenvalue weighted by atomic mass is 10.2. The van der Waals surface area contributed by atoms with Crippen molar-refractivity contribution in [3.05, 3.63) is 23.7 Å². The van der Waals surface area contributed by atoms with Gasteiger partial charge >= 0.3 is 0 Å². The van der Waals surface area contributed by atoms with Gasteiger partial charge in [0.2, 0.25) is 0 Å². The second-order valence-corrected chi connectivity index (χ2v) is 4.28. The molecule has 0 bridgehead atoms. The molecule has 1 fully saturated rings. The smallest absolute Gasteiger partial charge is 0.287 e. The summed E-state index contributed by atoms with van der Waals surface area (Å²) in [5.74, 6) is 0.299. The lowest BCUT2D eigenvalue weighted by Crippen LogP contribution is -2.46. The normalized spacial score (nSPS) is 16.1. The van der Waals surface area contributed by atoms with Crippen molar-refractivity contribution in [2.45, 2.75) is 6.92 Å². The van der Waals surface area contributed by atoms with Gasteiger partial charge in [-0.15, -0.1) is 12.4 Å². The summed E-state index contributed by atoms with van der Waals surface area (Å²) in [6, 6.07) is 1.80. The summed E-state index contributed by atoms with van der Waals surface area (Å²) in [4.78, 5) is 14.1. The zero-order valence-corrected chi connectivity index (χ0v) is 11.4. The third-order valence-corrected chi connectivity index (χ3v) is 2.99. The molecule has 5 nitrogen and oxygen atoms in total. The average Bonchev–Trinajstić information content (AvgIpc) is 2.77. The van der Waals surface area contributed by atoms with E-state index in [9.17, 15) is 4.79 Å². The van der Waals surface area contributed by atoms with Crippen LogP contribution >= 0.6 is 12.4 Å². The van der Waals surface area contributed by atoms with E-state index in [2.05, 4.69) is 15.5 Å². The highest BCUT2D eigenvalue weighted by Crippen LogP contribution is 2.07. The molecule has 1 aromatic rings. The minimum absolute atomic E-state index is 0. The molecule has 1 amide bonds. The van der Waals surface area contributed by atoms with Crippen LogP contribution in [0.2, 0.25) is 0 Å². The lowest BCUT2D eigenvalue weighted by Gasteiger charge is -2.26. The first-order valence-electron chi connectivity index (χ1n) is 6.03. The van der Waals surface area contributed by atoms with Crippen LogP contribution in [0.1, 0.15) is 16.1 Å². The van der Waals surface area contributed by atoms with Gasteiger partial charge in [-0.1, -0.05) is 0 Å². The molecule has 1 aliphatic heterocycles. The summed E-state index contributed by atoms with van der Waals surface area (Å²) >= 11 is 0. The number of hydrogen-bond donors (Lipinski definition) is 2. The predicted octanol–water partition coefficient (Wildman–Crippen LogP) is 0.645. The molecular weight excluding hydrogens is 254 g/mol. The molecule has 0 unspecified atom stereocenters. The van der Waals surface area contributed by atoms with Crippen molar-refractivity contribution in [1.29, 1.82) is 0 Å². The Kier molecular flexibility index (Phi) is 6.18. The van der Waals surface area contributed by atoms with E-state index in [-0.39, 0.29) is 18.3 Å². The quantitative estimate of drug-likeness (QED) is 0.846. The molecule has 0 atom stereocenters. The molecular formula is C12H20ClN3O2. The van der Waals surface area contributed by atoms with E-state index in [1.807, 2.05) is 6.92 Å². The lowest BCUT2D eigenvalue weighted by molar-refractivity contribution is 0.0918. The number of amides is 1. The van der Waals surface area contributed by atoms with E-state index in [1.165, 1.54) is 0 Å². The number of nitrogens with zero attached hydrogens (tertiary/aromatic N) is 1. The van der Waals surface area contributed by atoms with Gasteiger partial charge < -0.3 is 15.1 Å². The van der Waals surface area contributed by atoms with Crippen molar-refractivity contribution < 1.29 is 9.21 Å². The molecule has 0 aromatic carbocycles. The third-order valence-electron chi connectivity index (χ3n) is 2.99. The zero-order chi connectivity index (χ0) is 12.1. The van der Waals surface area contributed by atoms with Gasteiger partial charge in [-0.2, -0.15) is 0 Å².